The molecule has 0 saturated carbocycles. The van der Waals surface area contributed by atoms with Crippen molar-refractivity contribution in [1.29, 1.82) is 0 Å². The molecule has 0 unspecified atom stereocenters. The van der Waals surface area contributed by atoms with Crippen molar-refractivity contribution in [2.24, 2.45) is 0 Å². The number of anilines is 2. The highest BCUT2D eigenvalue weighted by molar-refractivity contribution is 7.80. The van der Waals surface area contributed by atoms with E-state index in [2.05, 4.69) is 22.9 Å². The van der Waals surface area contributed by atoms with Gasteiger partial charge in [0.15, 0.2) is 5.11 Å². The highest BCUT2D eigenvalue weighted by Crippen LogP contribution is 2.19. The second-order valence-electron chi connectivity index (χ2n) is 7.81. The van der Waals surface area contributed by atoms with Crippen molar-refractivity contribution >= 4 is 40.5 Å². The van der Waals surface area contributed by atoms with E-state index < -0.39 is 0 Å². The molecule has 3 aromatic carbocycles. The summed E-state index contributed by atoms with van der Waals surface area (Å²) in [5, 5.41) is 8.73. The van der Waals surface area contributed by atoms with Gasteiger partial charge in [0, 0.05) is 16.9 Å². The van der Waals surface area contributed by atoms with Crippen LogP contribution in [0.25, 0.3) is 0 Å². The molecule has 0 bridgehead atoms. The molecule has 0 aliphatic carbocycles. The van der Waals surface area contributed by atoms with Gasteiger partial charge in [-0.25, -0.2) is 0 Å². The van der Waals surface area contributed by atoms with Crippen molar-refractivity contribution in [2.45, 2.75) is 33.1 Å². The van der Waals surface area contributed by atoms with Gasteiger partial charge in [0.2, 0.25) is 0 Å². The van der Waals surface area contributed by atoms with Crippen LogP contribution in [0.1, 0.15) is 52.5 Å². The molecule has 176 valence electrons. The highest BCUT2D eigenvalue weighted by atomic mass is 32.1. The van der Waals surface area contributed by atoms with Gasteiger partial charge in [0.05, 0.1) is 12.2 Å². The summed E-state index contributed by atoms with van der Waals surface area (Å²) in [6, 6.07) is 21.6. The fourth-order valence-electron chi connectivity index (χ4n) is 3.31. The van der Waals surface area contributed by atoms with Gasteiger partial charge in [-0.3, -0.25) is 14.9 Å². The minimum absolute atomic E-state index is 0.169. The quantitative estimate of drug-likeness (QED) is 0.264. The molecule has 3 aromatic rings. The second kappa shape index (κ2) is 12.5. The molecule has 0 aliphatic rings. The van der Waals surface area contributed by atoms with Gasteiger partial charge >= 0.3 is 0 Å². The fourth-order valence-corrected chi connectivity index (χ4v) is 3.52. The summed E-state index contributed by atoms with van der Waals surface area (Å²) in [5.41, 5.74) is 3.30. The van der Waals surface area contributed by atoms with E-state index in [0.29, 0.717) is 34.9 Å². The van der Waals surface area contributed by atoms with Crippen molar-refractivity contribution in [2.75, 3.05) is 17.2 Å². The first-order valence-corrected chi connectivity index (χ1v) is 11.7. The molecule has 0 spiro atoms. The lowest BCUT2D eigenvalue weighted by Gasteiger charge is -2.13. The highest BCUT2D eigenvalue weighted by Gasteiger charge is 2.14. The number of hydrogen-bond donors (Lipinski definition) is 3. The Labute approximate surface area is 205 Å². The summed E-state index contributed by atoms with van der Waals surface area (Å²) in [5.74, 6) is 0.0236. The summed E-state index contributed by atoms with van der Waals surface area (Å²) in [6.07, 6.45) is 3.12. The van der Waals surface area contributed by atoms with Crippen molar-refractivity contribution < 1.29 is 14.3 Å². The van der Waals surface area contributed by atoms with E-state index in [1.807, 2.05) is 31.2 Å². The van der Waals surface area contributed by atoms with Gasteiger partial charge in [0.25, 0.3) is 11.8 Å². The maximum Gasteiger partial charge on any atom is 0.261 e. The van der Waals surface area contributed by atoms with Gasteiger partial charge in [0.1, 0.15) is 5.75 Å². The Morgan fingerprint density at radius 2 is 1.41 bits per heavy atom. The minimum atomic E-state index is -0.342. The standard InChI is InChI=1S/C27H29N3O3S/c1-3-4-9-18-33-24-13-8-7-12-23(24)26(32)30-27(34)29-21-16-14-20(15-17-21)28-25(31)22-11-6-5-10-19(22)2/h5-8,10-17H,3-4,9,18H2,1-2H3,(H,28,31)(H2,29,30,32,34). The van der Waals surface area contributed by atoms with Crippen LogP contribution < -0.4 is 20.7 Å². The first kappa shape index (κ1) is 24.9. The third kappa shape index (κ3) is 7.15. The molecule has 3 N–H and O–H groups in total. The second-order valence-corrected chi connectivity index (χ2v) is 8.21. The van der Waals surface area contributed by atoms with E-state index in [4.69, 9.17) is 17.0 Å². The van der Waals surface area contributed by atoms with Crippen LogP contribution in [0.3, 0.4) is 0 Å². The van der Waals surface area contributed by atoms with Crippen molar-refractivity contribution in [3.63, 3.8) is 0 Å². The van der Waals surface area contributed by atoms with E-state index in [-0.39, 0.29) is 16.9 Å². The average Bonchev–Trinajstić information content (AvgIpc) is 2.83. The van der Waals surface area contributed by atoms with Crippen molar-refractivity contribution in [3.05, 3.63) is 89.5 Å². The summed E-state index contributed by atoms with van der Waals surface area (Å²) in [4.78, 5) is 25.2. The lowest BCUT2D eigenvalue weighted by molar-refractivity contribution is 0.0972. The first-order valence-electron chi connectivity index (χ1n) is 11.3. The molecule has 0 saturated heterocycles. The number of hydrogen-bond acceptors (Lipinski definition) is 4. The number of thiocarbonyl (C=S) groups is 1. The molecule has 2 amide bonds. The zero-order valence-corrected chi connectivity index (χ0v) is 20.2. The number of rotatable bonds is 9. The van der Waals surface area contributed by atoms with Crippen LogP contribution in [0.4, 0.5) is 11.4 Å². The van der Waals surface area contributed by atoms with Crippen molar-refractivity contribution in [1.82, 2.24) is 5.32 Å². The van der Waals surface area contributed by atoms with Crippen LogP contribution in [-0.4, -0.2) is 23.5 Å². The third-order valence-corrected chi connectivity index (χ3v) is 5.36. The number of carbonyl (C=O) groups excluding carboxylic acids is 2. The van der Waals surface area contributed by atoms with Crippen LogP contribution in [0.2, 0.25) is 0 Å². The molecular formula is C27H29N3O3S. The molecule has 3 rings (SSSR count). The lowest BCUT2D eigenvalue weighted by atomic mass is 10.1. The Kier molecular flexibility index (Phi) is 9.17. The van der Waals surface area contributed by atoms with E-state index >= 15 is 0 Å². The summed E-state index contributed by atoms with van der Waals surface area (Å²) >= 11 is 5.30. The number of aryl methyl sites for hydroxylation is 1. The molecule has 0 aliphatic heterocycles. The molecule has 0 aromatic heterocycles. The molecule has 0 heterocycles. The van der Waals surface area contributed by atoms with Gasteiger partial charge in [-0.05, 0) is 73.6 Å². The van der Waals surface area contributed by atoms with Crippen LogP contribution in [0, 0.1) is 6.92 Å². The number of amides is 2. The van der Waals surface area contributed by atoms with Crippen molar-refractivity contribution in [3.8, 4) is 5.75 Å². The van der Waals surface area contributed by atoms with E-state index in [1.54, 1.807) is 48.5 Å². The normalized spacial score (nSPS) is 10.3. The molecule has 0 fully saturated rings. The Bertz CT molecular complexity index is 1150. The van der Waals surface area contributed by atoms with Crippen LogP contribution in [0.15, 0.2) is 72.8 Å². The maximum absolute atomic E-state index is 12.7. The fraction of sp³-hybridized carbons (Fsp3) is 0.222. The predicted octanol–water partition coefficient (Wildman–Crippen LogP) is 5.94. The molecule has 34 heavy (non-hydrogen) atoms. The number of unbranched alkanes of at least 4 members (excludes halogenated alkanes) is 2. The zero-order chi connectivity index (χ0) is 24.3. The summed E-state index contributed by atoms with van der Waals surface area (Å²) < 4.78 is 5.79. The molecular weight excluding hydrogens is 446 g/mol. The minimum Gasteiger partial charge on any atom is -0.493 e. The smallest absolute Gasteiger partial charge is 0.261 e. The molecule has 6 nitrogen and oxygen atoms in total. The Morgan fingerprint density at radius 1 is 0.794 bits per heavy atom. The maximum atomic E-state index is 12.7. The van der Waals surface area contributed by atoms with Gasteiger partial charge in [-0.2, -0.15) is 0 Å². The summed E-state index contributed by atoms with van der Waals surface area (Å²) in [7, 11) is 0. The molecule has 0 atom stereocenters. The van der Waals surface area contributed by atoms with Gasteiger partial charge in [-0.15, -0.1) is 0 Å². The Morgan fingerprint density at radius 3 is 2.09 bits per heavy atom. The number of para-hydroxylation sites is 1. The number of benzene rings is 3. The van der Waals surface area contributed by atoms with Gasteiger partial charge < -0.3 is 15.4 Å². The molecule has 0 radical (unpaired) electrons. The van der Waals surface area contributed by atoms with Crippen LogP contribution in [-0.2, 0) is 0 Å². The summed E-state index contributed by atoms with van der Waals surface area (Å²) in [6.45, 7) is 4.59. The number of ether oxygens (including phenoxy) is 1. The lowest BCUT2D eigenvalue weighted by Crippen LogP contribution is -2.34. The largest absolute Gasteiger partial charge is 0.493 e. The van der Waals surface area contributed by atoms with E-state index in [9.17, 15) is 9.59 Å². The number of carbonyl (C=O) groups is 2. The topological polar surface area (TPSA) is 79.5 Å². The Balaban J connectivity index is 1.55. The van der Waals surface area contributed by atoms with Crippen LogP contribution in [0.5, 0.6) is 5.75 Å². The average molecular weight is 476 g/mol. The third-order valence-electron chi connectivity index (χ3n) is 5.15. The zero-order valence-electron chi connectivity index (χ0n) is 19.4. The van der Waals surface area contributed by atoms with Gasteiger partial charge in [-0.1, -0.05) is 50.1 Å². The predicted molar refractivity (Wildman–Crippen MR) is 141 cm³/mol. The Hall–Kier alpha value is -3.71. The van der Waals surface area contributed by atoms with E-state index in [1.165, 1.54) is 0 Å². The number of nitrogens with one attached hydrogen (secondary N) is 3. The van der Waals surface area contributed by atoms with E-state index in [0.717, 1.165) is 24.8 Å². The SMILES string of the molecule is CCCCCOc1ccccc1C(=O)NC(=S)Nc1ccc(NC(=O)c2ccccc2C)cc1. The molecule has 7 heteroatoms. The van der Waals surface area contributed by atoms with Crippen LogP contribution >= 0.6 is 12.2 Å². The monoisotopic (exact) mass is 475 g/mol. The first-order chi connectivity index (χ1) is 16.5.